The van der Waals surface area contributed by atoms with Crippen LogP contribution in [0.15, 0.2) is 15.9 Å². The number of hydrogen-bond acceptors (Lipinski definition) is 4. The molecule has 1 heterocycles. The van der Waals surface area contributed by atoms with Crippen LogP contribution in [0, 0.1) is 0 Å². The highest BCUT2D eigenvalue weighted by molar-refractivity contribution is 9.11. The van der Waals surface area contributed by atoms with Gasteiger partial charge in [0.15, 0.2) is 6.04 Å². The van der Waals surface area contributed by atoms with Crippen molar-refractivity contribution in [3.63, 3.8) is 0 Å². The highest BCUT2D eigenvalue weighted by atomic mass is 79.9. The van der Waals surface area contributed by atoms with Crippen LogP contribution in [0.25, 0.3) is 0 Å². The summed E-state index contributed by atoms with van der Waals surface area (Å²) in [5, 5.41) is 12.0. The second-order valence-corrected chi connectivity index (χ2v) is 5.48. The predicted octanol–water partition coefficient (Wildman–Crippen LogP) is 1.15. The van der Waals surface area contributed by atoms with Crippen molar-refractivity contribution in [1.82, 2.24) is 5.32 Å². The Labute approximate surface area is 105 Å². The largest absolute Gasteiger partial charge is 0.480 e. The lowest BCUT2D eigenvalue weighted by atomic mass is 10.2. The van der Waals surface area contributed by atoms with E-state index >= 15 is 0 Å². The molecular formula is C9H11BrN2O3S. The first-order valence-corrected chi connectivity index (χ1v) is 6.01. The van der Waals surface area contributed by atoms with Gasteiger partial charge in [0.25, 0.3) is 5.91 Å². The third-order valence-corrected chi connectivity index (χ3v) is 3.70. The number of nitrogens with zero attached hydrogens (tertiary/aromatic N) is 1. The van der Waals surface area contributed by atoms with Gasteiger partial charge in [-0.25, -0.2) is 4.79 Å². The van der Waals surface area contributed by atoms with E-state index in [2.05, 4.69) is 21.2 Å². The van der Waals surface area contributed by atoms with E-state index < -0.39 is 17.9 Å². The van der Waals surface area contributed by atoms with E-state index in [1.807, 2.05) is 0 Å². The summed E-state index contributed by atoms with van der Waals surface area (Å²) in [7, 11) is 2.99. The molecule has 7 heteroatoms. The Morgan fingerprint density at radius 2 is 2.19 bits per heavy atom. The zero-order valence-corrected chi connectivity index (χ0v) is 11.1. The molecule has 1 atom stereocenters. The van der Waals surface area contributed by atoms with Crippen LogP contribution >= 0.6 is 27.3 Å². The van der Waals surface area contributed by atoms with Crippen molar-refractivity contribution >= 4 is 44.1 Å². The van der Waals surface area contributed by atoms with E-state index in [9.17, 15) is 9.59 Å². The van der Waals surface area contributed by atoms with Crippen LogP contribution < -0.4 is 10.2 Å². The second-order valence-electron chi connectivity index (χ2n) is 3.03. The third-order valence-electron chi connectivity index (χ3n) is 2.00. The van der Waals surface area contributed by atoms with E-state index in [0.29, 0.717) is 5.00 Å². The summed E-state index contributed by atoms with van der Waals surface area (Å²) >= 11 is 4.65. The minimum atomic E-state index is -1.22. The SMILES string of the molecule is CNC(C(=O)O)C(=O)N(C)c1ccc(Br)s1. The van der Waals surface area contributed by atoms with Crippen LogP contribution in [0.3, 0.4) is 0 Å². The lowest BCUT2D eigenvalue weighted by molar-refractivity contribution is -0.143. The summed E-state index contributed by atoms with van der Waals surface area (Å²) < 4.78 is 0.887. The number of hydrogen-bond donors (Lipinski definition) is 2. The van der Waals surface area contributed by atoms with E-state index in [-0.39, 0.29) is 0 Å². The molecule has 0 fully saturated rings. The first kappa shape index (κ1) is 13.1. The van der Waals surface area contributed by atoms with Crippen LogP contribution in [0.5, 0.6) is 0 Å². The molecule has 2 N–H and O–H groups in total. The lowest BCUT2D eigenvalue weighted by Gasteiger charge is -2.19. The van der Waals surface area contributed by atoms with Gasteiger partial charge in [0.05, 0.1) is 8.79 Å². The van der Waals surface area contributed by atoms with Gasteiger partial charge in [-0.3, -0.25) is 10.1 Å². The molecule has 16 heavy (non-hydrogen) atoms. The molecule has 1 aromatic rings. The predicted molar refractivity (Wildman–Crippen MR) is 65.9 cm³/mol. The Morgan fingerprint density at radius 3 is 2.56 bits per heavy atom. The standard InChI is InChI=1S/C9H11BrN2O3S/c1-11-7(9(14)15)8(13)12(2)6-4-3-5(10)16-6/h3-4,7,11H,1-2H3,(H,14,15). The molecule has 0 aliphatic rings. The van der Waals surface area contributed by atoms with Gasteiger partial charge in [0, 0.05) is 7.05 Å². The number of thiophene rings is 1. The van der Waals surface area contributed by atoms with Gasteiger partial charge in [-0.1, -0.05) is 0 Å². The molecule has 1 unspecified atom stereocenters. The maximum Gasteiger partial charge on any atom is 0.330 e. The Bertz CT molecular complexity index is 407. The Kier molecular flexibility index (Phi) is 4.45. The van der Waals surface area contributed by atoms with Crippen molar-refractivity contribution in [3.05, 3.63) is 15.9 Å². The molecule has 0 saturated heterocycles. The van der Waals surface area contributed by atoms with Crippen molar-refractivity contribution in [2.75, 3.05) is 19.0 Å². The number of aliphatic carboxylic acids is 1. The van der Waals surface area contributed by atoms with Crippen LogP contribution in [-0.2, 0) is 9.59 Å². The minimum Gasteiger partial charge on any atom is -0.480 e. The summed E-state index contributed by atoms with van der Waals surface area (Å²) in [5.41, 5.74) is 0. The number of rotatable bonds is 4. The van der Waals surface area contributed by atoms with Gasteiger partial charge in [0.1, 0.15) is 0 Å². The number of carbonyl (C=O) groups excluding carboxylic acids is 1. The molecule has 1 amide bonds. The number of anilines is 1. The zero-order valence-electron chi connectivity index (χ0n) is 8.73. The molecule has 1 rings (SSSR count). The molecule has 0 aliphatic carbocycles. The second kappa shape index (κ2) is 5.42. The number of carbonyl (C=O) groups is 2. The summed E-state index contributed by atoms with van der Waals surface area (Å²) in [5.74, 6) is -1.68. The number of likely N-dealkylation sites (N-methyl/N-ethyl adjacent to an activating group) is 2. The smallest absolute Gasteiger partial charge is 0.330 e. The van der Waals surface area contributed by atoms with Crippen LogP contribution in [0.4, 0.5) is 5.00 Å². The van der Waals surface area contributed by atoms with E-state index in [4.69, 9.17) is 5.11 Å². The molecule has 0 saturated carbocycles. The fraction of sp³-hybridized carbons (Fsp3) is 0.333. The number of carboxylic acid groups (broad SMARTS) is 1. The summed E-state index contributed by atoms with van der Waals surface area (Å²) in [4.78, 5) is 23.9. The van der Waals surface area contributed by atoms with Crippen LogP contribution in [-0.4, -0.2) is 37.1 Å². The highest BCUT2D eigenvalue weighted by Crippen LogP contribution is 2.29. The first-order valence-electron chi connectivity index (χ1n) is 4.40. The van der Waals surface area contributed by atoms with Crippen molar-refractivity contribution < 1.29 is 14.7 Å². The third kappa shape index (κ3) is 2.81. The van der Waals surface area contributed by atoms with Gasteiger partial charge < -0.3 is 10.0 Å². The van der Waals surface area contributed by atoms with Gasteiger partial charge in [-0.05, 0) is 35.1 Å². The topological polar surface area (TPSA) is 69.6 Å². The van der Waals surface area contributed by atoms with Gasteiger partial charge in [0.2, 0.25) is 0 Å². The molecule has 1 aromatic heterocycles. The number of carboxylic acids is 1. The average Bonchev–Trinajstić information content (AvgIpc) is 2.64. The van der Waals surface area contributed by atoms with Crippen LogP contribution in [0.2, 0.25) is 0 Å². The lowest BCUT2D eigenvalue weighted by Crippen LogP contribution is -2.48. The summed E-state index contributed by atoms with van der Waals surface area (Å²) in [6.45, 7) is 0. The minimum absolute atomic E-state index is 0.496. The number of halogens is 1. The zero-order chi connectivity index (χ0) is 12.3. The molecule has 88 valence electrons. The number of nitrogens with one attached hydrogen (secondary N) is 1. The van der Waals surface area contributed by atoms with Gasteiger partial charge in [-0.15, -0.1) is 11.3 Å². The van der Waals surface area contributed by atoms with Gasteiger partial charge in [-0.2, -0.15) is 0 Å². The fourth-order valence-electron chi connectivity index (χ4n) is 1.14. The number of amides is 1. The average molecular weight is 307 g/mol. The molecule has 5 nitrogen and oxygen atoms in total. The maximum atomic E-state index is 11.8. The highest BCUT2D eigenvalue weighted by Gasteiger charge is 2.28. The Balaban J connectivity index is 2.85. The summed E-state index contributed by atoms with van der Waals surface area (Å²) in [6, 6.07) is 2.34. The van der Waals surface area contributed by atoms with E-state index in [1.165, 1.54) is 23.3 Å². The quantitative estimate of drug-likeness (QED) is 0.819. The van der Waals surface area contributed by atoms with Crippen molar-refractivity contribution in [3.8, 4) is 0 Å². The van der Waals surface area contributed by atoms with Crippen LogP contribution in [0.1, 0.15) is 0 Å². The van der Waals surface area contributed by atoms with Gasteiger partial charge >= 0.3 is 5.97 Å². The fourth-order valence-corrected chi connectivity index (χ4v) is 2.47. The molecule has 0 aliphatic heterocycles. The molecule has 0 bridgehead atoms. The summed E-state index contributed by atoms with van der Waals surface area (Å²) in [6.07, 6.45) is 0. The normalized spacial score (nSPS) is 12.2. The maximum absolute atomic E-state index is 11.8. The first-order chi connectivity index (χ1) is 7.47. The van der Waals surface area contributed by atoms with Crippen molar-refractivity contribution in [2.45, 2.75) is 6.04 Å². The van der Waals surface area contributed by atoms with Crippen molar-refractivity contribution in [2.24, 2.45) is 0 Å². The molecule has 0 spiro atoms. The van der Waals surface area contributed by atoms with E-state index in [0.717, 1.165) is 3.79 Å². The van der Waals surface area contributed by atoms with E-state index in [1.54, 1.807) is 19.2 Å². The monoisotopic (exact) mass is 306 g/mol. The molecule has 0 aromatic carbocycles. The Hall–Kier alpha value is -0.920. The Morgan fingerprint density at radius 1 is 1.56 bits per heavy atom. The molecule has 0 radical (unpaired) electrons. The van der Waals surface area contributed by atoms with Crippen molar-refractivity contribution in [1.29, 1.82) is 0 Å². The molecular weight excluding hydrogens is 296 g/mol.